The van der Waals surface area contributed by atoms with Gasteiger partial charge in [-0.25, -0.2) is 13.8 Å². The SMILES string of the molecule is Fc1ccc(-n2nnc3cnc(Nc4cnn(C5CCOCC5)c4)nc32)cc1F. The van der Waals surface area contributed by atoms with Gasteiger partial charge in [0.2, 0.25) is 5.95 Å². The van der Waals surface area contributed by atoms with Crippen molar-refractivity contribution in [2.75, 3.05) is 18.5 Å². The summed E-state index contributed by atoms with van der Waals surface area (Å²) in [7, 11) is 0. The van der Waals surface area contributed by atoms with Crippen molar-refractivity contribution >= 4 is 22.8 Å². The van der Waals surface area contributed by atoms with Crippen molar-refractivity contribution in [1.29, 1.82) is 0 Å². The van der Waals surface area contributed by atoms with Crippen LogP contribution in [0.3, 0.4) is 0 Å². The molecule has 148 valence electrons. The number of halogens is 2. The maximum atomic E-state index is 13.6. The van der Waals surface area contributed by atoms with Crippen molar-refractivity contribution in [3.05, 3.63) is 48.4 Å². The van der Waals surface area contributed by atoms with Crippen molar-refractivity contribution in [3.8, 4) is 5.69 Å². The fourth-order valence-electron chi connectivity index (χ4n) is 3.26. The van der Waals surface area contributed by atoms with E-state index in [1.54, 1.807) is 6.20 Å². The summed E-state index contributed by atoms with van der Waals surface area (Å²) in [5.74, 6) is -1.59. The second kappa shape index (κ2) is 7.17. The monoisotopic (exact) mass is 398 g/mol. The Hall–Kier alpha value is -3.47. The highest BCUT2D eigenvalue weighted by Gasteiger charge is 2.17. The largest absolute Gasteiger partial charge is 0.381 e. The van der Waals surface area contributed by atoms with Gasteiger partial charge in [0.25, 0.3) is 0 Å². The molecule has 0 bridgehead atoms. The first-order valence-corrected chi connectivity index (χ1v) is 9.10. The van der Waals surface area contributed by atoms with Crippen LogP contribution in [0.5, 0.6) is 0 Å². The average molecular weight is 398 g/mol. The second-order valence-electron chi connectivity index (χ2n) is 6.68. The highest BCUT2D eigenvalue weighted by atomic mass is 19.2. The zero-order valence-electron chi connectivity index (χ0n) is 15.2. The van der Waals surface area contributed by atoms with Gasteiger partial charge >= 0.3 is 0 Å². The molecule has 3 aromatic heterocycles. The lowest BCUT2D eigenvalue weighted by Crippen LogP contribution is -2.19. The number of rotatable bonds is 4. The lowest BCUT2D eigenvalue weighted by atomic mass is 10.1. The molecule has 11 heteroatoms. The summed E-state index contributed by atoms with van der Waals surface area (Å²) in [6.07, 6.45) is 6.95. The van der Waals surface area contributed by atoms with Gasteiger partial charge < -0.3 is 10.1 Å². The number of ether oxygens (including phenoxy) is 1. The molecule has 0 radical (unpaired) electrons. The van der Waals surface area contributed by atoms with Gasteiger partial charge in [-0.15, -0.1) is 5.10 Å². The summed E-state index contributed by atoms with van der Waals surface area (Å²) < 4.78 is 35.4. The van der Waals surface area contributed by atoms with Crippen LogP contribution >= 0.6 is 0 Å². The highest BCUT2D eigenvalue weighted by Crippen LogP contribution is 2.23. The van der Waals surface area contributed by atoms with Crippen LogP contribution in [0.1, 0.15) is 18.9 Å². The number of fused-ring (bicyclic) bond motifs is 1. The third-order valence-electron chi connectivity index (χ3n) is 4.76. The second-order valence-corrected chi connectivity index (χ2v) is 6.68. The summed E-state index contributed by atoms with van der Waals surface area (Å²) in [6, 6.07) is 3.78. The zero-order valence-corrected chi connectivity index (χ0v) is 15.2. The maximum absolute atomic E-state index is 13.6. The molecule has 5 rings (SSSR count). The normalized spacial score (nSPS) is 15.1. The van der Waals surface area contributed by atoms with E-state index in [2.05, 4.69) is 30.7 Å². The van der Waals surface area contributed by atoms with Crippen molar-refractivity contribution in [2.24, 2.45) is 0 Å². The first kappa shape index (κ1) is 17.6. The number of nitrogens with one attached hydrogen (secondary N) is 1. The Kier molecular flexibility index (Phi) is 4.35. The van der Waals surface area contributed by atoms with Gasteiger partial charge in [0.15, 0.2) is 22.8 Å². The smallest absolute Gasteiger partial charge is 0.229 e. The van der Waals surface area contributed by atoms with E-state index in [0.717, 1.165) is 43.9 Å². The van der Waals surface area contributed by atoms with Crippen molar-refractivity contribution in [3.63, 3.8) is 0 Å². The van der Waals surface area contributed by atoms with Gasteiger partial charge in [-0.05, 0) is 25.0 Å². The minimum absolute atomic E-state index is 0.307. The molecular weight excluding hydrogens is 382 g/mol. The fourth-order valence-corrected chi connectivity index (χ4v) is 3.26. The number of hydrogen-bond donors (Lipinski definition) is 1. The highest BCUT2D eigenvalue weighted by molar-refractivity contribution is 5.72. The zero-order chi connectivity index (χ0) is 19.8. The summed E-state index contributed by atoms with van der Waals surface area (Å²) in [4.78, 5) is 8.66. The minimum Gasteiger partial charge on any atom is -0.381 e. The molecule has 1 aromatic carbocycles. The van der Waals surface area contributed by atoms with Crippen molar-refractivity contribution in [1.82, 2.24) is 34.7 Å². The molecule has 1 aliphatic rings. The van der Waals surface area contributed by atoms with Crippen LogP contribution in [-0.4, -0.2) is 48.0 Å². The predicted octanol–water partition coefficient (Wildman–Crippen LogP) is 2.78. The van der Waals surface area contributed by atoms with Crippen molar-refractivity contribution in [2.45, 2.75) is 18.9 Å². The Bertz CT molecular complexity index is 1170. The summed E-state index contributed by atoms with van der Waals surface area (Å²) in [6.45, 7) is 1.46. The first-order valence-electron chi connectivity index (χ1n) is 9.10. The van der Waals surface area contributed by atoms with Crippen LogP contribution in [0, 0.1) is 11.6 Å². The molecule has 0 spiro atoms. The van der Waals surface area contributed by atoms with E-state index in [4.69, 9.17) is 4.74 Å². The molecule has 29 heavy (non-hydrogen) atoms. The van der Waals surface area contributed by atoms with E-state index in [0.29, 0.717) is 28.8 Å². The van der Waals surface area contributed by atoms with Crippen LogP contribution in [-0.2, 0) is 4.74 Å². The third-order valence-corrected chi connectivity index (χ3v) is 4.76. The molecule has 1 saturated heterocycles. The molecule has 1 aliphatic heterocycles. The molecule has 0 unspecified atom stereocenters. The minimum atomic E-state index is -0.973. The lowest BCUT2D eigenvalue weighted by molar-refractivity contribution is 0.0662. The van der Waals surface area contributed by atoms with Crippen LogP contribution < -0.4 is 5.32 Å². The first-order chi connectivity index (χ1) is 14.2. The standard InChI is InChI=1S/C18H16F2N8O/c19-14-2-1-13(7-15(14)20)28-17-16(25-26-28)9-21-18(24-17)23-11-8-22-27(10-11)12-3-5-29-6-4-12/h1-2,7-10,12H,3-6H2,(H,21,23,24). The molecule has 0 saturated carbocycles. The van der Waals surface area contributed by atoms with Gasteiger partial charge in [-0.1, -0.05) is 5.21 Å². The topological polar surface area (TPSA) is 95.6 Å². The molecule has 0 amide bonds. The number of hydrogen-bond acceptors (Lipinski definition) is 7. The van der Waals surface area contributed by atoms with Crippen LogP contribution in [0.25, 0.3) is 16.9 Å². The summed E-state index contributed by atoms with van der Waals surface area (Å²) >= 11 is 0. The Morgan fingerprint density at radius 1 is 1.10 bits per heavy atom. The molecule has 0 aliphatic carbocycles. The molecule has 1 fully saturated rings. The molecule has 4 aromatic rings. The Morgan fingerprint density at radius 3 is 2.79 bits per heavy atom. The quantitative estimate of drug-likeness (QED) is 0.565. The van der Waals surface area contributed by atoms with Gasteiger partial charge in [-0.3, -0.25) is 4.68 Å². The molecule has 0 atom stereocenters. The molecule has 4 heterocycles. The average Bonchev–Trinajstić information content (AvgIpc) is 3.38. The maximum Gasteiger partial charge on any atom is 0.229 e. The van der Waals surface area contributed by atoms with Gasteiger partial charge in [0.05, 0.1) is 29.8 Å². The summed E-state index contributed by atoms with van der Waals surface area (Å²) in [5, 5.41) is 15.5. The number of nitrogens with zero attached hydrogens (tertiary/aromatic N) is 7. The summed E-state index contributed by atoms with van der Waals surface area (Å²) in [5.41, 5.74) is 1.84. The van der Waals surface area contributed by atoms with E-state index in [9.17, 15) is 8.78 Å². The predicted molar refractivity (Wildman–Crippen MR) is 99.0 cm³/mol. The van der Waals surface area contributed by atoms with Crippen molar-refractivity contribution < 1.29 is 13.5 Å². The van der Waals surface area contributed by atoms with Crippen LogP contribution in [0.4, 0.5) is 20.4 Å². The van der Waals surface area contributed by atoms with E-state index < -0.39 is 11.6 Å². The fraction of sp³-hybridized carbons (Fsp3) is 0.278. The molecular formula is C18H16F2N8O. The van der Waals surface area contributed by atoms with Gasteiger partial charge in [-0.2, -0.15) is 14.8 Å². The third kappa shape index (κ3) is 3.40. The van der Waals surface area contributed by atoms with E-state index in [1.165, 1.54) is 16.9 Å². The molecule has 9 nitrogen and oxygen atoms in total. The number of aromatic nitrogens is 7. The molecule has 1 N–H and O–H groups in total. The van der Waals surface area contributed by atoms with E-state index >= 15 is 0 Å². The van der Waals surface area contributed by atoms with Crippen LogP contribution in [0.2, 0.25) is 0 Å². The Balaban J connectivity index is 1.42. The number of benzene rings is 1. The van der Waals surface area contributed by atoms with Crippen LogP contribution in [0.15, 0.2) is 36.8 Å². The van der Waals surface area contributed by atoms with Gasteiger partial charge in [0.1, 0.15) is 0 Å². The number of anilines is 2. The Labute approximate surface area is 163 Å². The lowest BCUT2D eigenvalue weighted by Gasteiger charge is -2.22. The van der Waals surface area contributed by atoms with E-state index in [1.807, 2.05) is 10.9 Å². The van der Waals surface area contributed by atoms with Gasteiger partial charge in [0, 0.05) is 25.5 Å². The Morgan fingerprint density at radius 2 is 1.97 bits per heavy atom. The van der Waals surface area contributed by atoms with E-state index in [-0.39, 0.29) is 0 Å².